The first kappa shape index (κ1) is 13.9. The highest BCUT2D eigenvalue weighted by molar-refractivity contribution is 5.66. The van der Waals surface area contributed by atoms with Gasteiger partial charge in [0.05, 0.1) is 18.5 Å². The number of fused-ring (bicyclic) bond motifs is 1. The summed E-state index contributed by atoms with van der Waals surface area (Å²) in [6, 6.07) is 5.94. The zero-order chi connectivity index (χ0) is 14.5. The SMILES string of the molecule is COCCNCc1cn[nH]c1-c1ccc2c(c1)OCCO2. The van der Waals surface area contributed by atoms with Gasteiger partial charge < -0.3 is 19.5 Å². The topological polar surface area (TPSA) is 68.4 Å². The predicted molar refractivity (Wildman–Crippen MR) is 78.6 cm³/mol. The number of nitrogens with zero attached hydrogens (tertiary/aromatic N) is 1. The Morgan fingerprint density at radius 3 is 3.00 bits per heavy atom. The Morgan fingerprint density at radius 1 is 1.29 bits per heavy atom. The van der Waals surface area contributed by atoms with Crippen LogP contribution in [0.1, 0.15) is 5.56 Å². The van der Waals surface area contributed by atoms with Crippen molar-refractivity contribution < 1.29 is 14.2 Å². The summed E-state index contributed by atoms with van der Waals surface area (Å²) >= 11 is 0. The zero-order valence-electron chi connectivity index (χ0n) is 12.0. The smallest absolute Gasteiger partial charge is 0.162 e. The van der Waals surface area contributed by atoms with Crippen molar-refractivity contribution in [1.29, 1.82) is 0 Å². The minimum Gasteiger partial charge on any atom is -0.486 e. The Balaban J connectivity index is 1.76. The van der Waals surface area contributed by atoms with Gasteiger partial charge in [-0.3, -0.25) is 5.10 Å². The normalized spacial score (nSPS) is 13.4. The van der Waals surface area contributed by atoms with Crippen LogP contribution in [0.15, 0.2) is 24.4 Å². The van der Waals surface area contributed by atoms with Gasteiger partial charge in [-0.15, -0.1) is 0 Å². The first-order valence-electron chi connectivity index (χ1n) is 7.00. The molecule has 1 aromatic heterocycles. The molecule has 2 heterocycles. The quantitative estimate of drug-likeness (QED) is 0.790. The standard InChI is InChI=1S/C15H19N3O3/c1-19-5-4-16-9-12-10-17-18-15(12)11-2-3-13-14(8-11)21-7-6-20-13/h2-3,8,10,16H,4-7,9H2,1H3,(H,17,18). The summed E-state index contributed by atoms with van der Waals surface area (Å²) < 4.78 is 16.2. The fourth-order valence-corrected chi connectivity index (χ4v) is 2.29. The van der Waals surface area contributed by atoms with Gasteiger partial charge in [-0.25, -0.2) is 0 Å². The lowest BCUT2D eigenvalue weighted by Gasteiger charge is -2.18. The molecule has 0 bridgehead atoms. The number of hydrogen-bond acceptors (Lipinski definition) is 5. The molecule has 6 nitrogen and oxygen atoms in total. The van der Waals surface area contributed by atoms with Gasteiger partial charge in [-0.2, -0.15) is 5.10 Å². The van der Waals surface area contributed by atoms with Crippen LogP contribution >= 0.6 is 0 Å². The highest BCUT2D eigenvalue weighted by atomic mass is 16.6. The lowest BCUT2D eigenvalue weighted by Crippen LogP contribution is -2.18. The molecule has 0 unspecified atom stereocenters. The van der Waals surface area contributed by atoms with Gasteiger partial charge >= 0.3 is 0 Å². The molecule has 3 rings (SSSR count). The van der Waals surface area contributed by atoms with E-state index in [0.29, 0.717) is 19.8 Å². The summed E-state index contributed by atoms with van der Waals surface area (Å²) in [6.45, 7) is 3.43. The van der Waals surface area contributed by atoms with Gasteiger partial charge in [0.15, 0.2) is 11.5 Å². The fraction of sp³-hybridized carbons (Fsp3) is 0.400. The number of benzene rings is 1. The van der Waals surface area contributed by atoms with Gasteiger partial charge in [0.1, 0.15) is 13.2 Å². The maximum atomic E-state index is 5.62. The number of nitrogens with one attached hydrogen (secondary N) is 2. The lowest BCUT2D eigenvalue weighted by molar-refractivity contribution is 0.171. The summed E-state index contributed by atoms with van der Waals surface area (Å²) in [4.78, 5) is 0. The van der Waals surface area contributed by atoms with Crippen LogP contribution in [-0.2, 0) is 11.3 Å². The van der Waals surface area contributed by atoms with Crippen molar-refractivity contribution in [3.05, 3.63) is 30.0 Å². The number of aromatic nitrogens is 2. The van der Waals surface area contributed by atoms with Crippen LogP contribution in [0.4, 0.5) is 0 Å². The third kappa shape index (κ3) is 3.17. The molecule has 0 amide bonds. The van der Waals surface area contributed by atoms with Crippen molar-refractivity contribution in [2.24, 2.45) is 0 Å². The summed E-state index contributed by atoms with van der Waals surface area (Å²) in [5.41, 5.74) is 3.15. The molecule has 1 aliphatic rings. The predicted octanol–water partition coefficient (Wildman–Crippen LogP) is 1.58. The summed E-state index contributed by atoms with van der Waals surface area (Å²) in [5.74, 6) is 1.58. The Hall–Kier alpha value is -2.05. The number of H-pyrrole nitrogens is 1. The molecule has 0 saturated heterocycles. The number of hydrogen-bond donors (Lipinski definition) is 2. The van der Waals surface area contributed by atoms with Crippen LogP contribution in [0.25, 0.3) is 11.3 Å². The Labute approximate surface area is 123 Å². The van der Waals surface area contributed by atoms with E-state index in [1.807, 2.05) is 24.4 Å². The highest BCUT2D eigenvalue weighted by Crippen LogP contribution is 2.34. The monoisotopic (exact) mass is 289 g/mol. The molecule has 0 fully saturated rings. The second kappa shape index (κ2) is 6.60. The third-order valence-corrected chi connectivity index (χ3v) is 3.35. The molecule has 0 aliphatic carbocycles. The van der Waals surface area contributed by atoms with Gasteiger partial charge in [0.2, 0.25) is 0 Å². The number of aromatic amines is 1. The van der Waals surface area contributed by atoms with E-state index >= 15 is 0 Å². The number of ether oxygens (including phenoxy) is 3. The molecule has 0 atom stereocenters. The maximum absolute atomic E-state index is 5.62. The average molecular weight is 289 g/mol. The first-order chi connectivity index (χ1) is 10.4. The zero-order valence-corrected chi connectivity index (χ0v) is 12.0. The van der Waals surface area contributed by atoms with Crippen molar-refractivity contribution in [3.63, 3.8) is 0 Å². The minimum atomic E-state index is 0.588. The van der Waals surface area contributed by atoms with Gasteiger partial charge in [0.25, 0.3) is 0 Å². The van der Waals surface area contributed by atoms with E-state index in [2.05, 4.69) is 15.5 Å². The van der Waals surface area contributed by atoms with Crippen LogP contribution in [0, 0.1) is 0 Å². The molecular formula is C15H19N3O3. The molecular weight excluding hydrogens is 270 g/mol. The Morgan fingerprint density at radius 2 is 2.14 bits per heavy atom. The minimum absolute atomic E-state index is 0.588. The third-order valence-electron chi connectivity index (χ3n) is 3.35. The fourth-order valence-electron chi connectivity index (χ4n) is 2.29. The molecule has 0 radical (unpaired) electrons. The molecule has 21 heavy (non-hydrogen) atoms. The molecule has 0 spiro atoms. The van der Waals surface area contributed by atoms with E-state index in [4.69, 9.17) is 14.2 Å². The van der Waals surface area contributed by atoms with Crippen LogP contribution < -0.4 is 14.8 Å². The van der Waals surface area contributed by atoms with Crippen LogP contribution in [0.2, 0.25) is 0 Å². The van der Waals surface area contributed by atoms with Crippen molar-refractivity contribution in [3.8, 4) is 22.8 Å². The molecule has 0 saturated carbocycles. The van der Waals surface area contributed by atoms with Gasteiger partial charge in [0, 0.05) is 31.3 Å². The second-order valence-electron chi connectivity index (χ2n) is 4.80. The molecule has 1 aromatic carbocycles. The number of rotatable bonds is 6. The largest absolute Gasteiger partial charge is 0.486 e. The van der Waals surface area contributed by atoms with Crippen molar-refractivity contribution >= 4 is 0 Å². The van der Waals surface area contributed by atoms with E-state index in [9.17, 15) is 0 Å². The second-order valence-corrected chi connectivity index (χ2v) is 4.80. The molecule has 6 heteroatoms. The Kier molecular flexibility index (Phi) is 4.37. The highest BCUT2D eigenvalue weighted by Gasteiger charge is 2.14. The summed E-state index contributed by atoms with van der Waals surface area (Å²) in [7, 11) is 1.69. The van der Waals surface area contributed by atoms with Crippen LogP contribution in [-0.4, -0.2) is 43.7 Å². The van der Waals surface area contributed by atoms with Crippen molar-refractivity contribution in [2.45, 2.75) is 6.54 Å². The average Bonchev–Trinajstić information content (AvgIpc) is 2.99. The first-order valence-corrected chi connectivity index (χ1v) is 7.00. The Bertz CT molecular complexity index is 598. The maximum Gasteiger partial charge on any atom is 0.162 e. The van der Waals surface area contributed by atoms with Gasteiger partial charge in [-0.05, 0) is 18.2 Å². The van der Waals surface area contributed by atoms with E-state index < -0.39 is 0 Å². The van der Waals surface area contributed by atoms with Gasteiger partial charge in [-0.1, -0.05) is 0 Å². The summed E-state index contributed by atoms with van der Waals surface area (Å²) in [5, 5.41) is 10.5. The van der Waals surface area contributed by atoms with Crippen LogP contribution in [0.5, 0.6) is 11.5 Å². The van der Waals surface area contributed by atoms with E-state index in [1.54, 1.807) is 7.11 Å². The van der Waals surface area contributed by atoms with Crippen molar-refractivity contribution in [2.75, 3.05) is 33.5 Å². The van der Waals surface area contributed by atoms with Crippen molar-refractivity contribution in [1.82, 2.24) is 15.5 Å². The van der Waals surface area contributed by atoms with Crippen LogP contribution in [0.3, 0.4) is 0 Å². The van der Waals surface area contributed by atoms with E-state index in [0.717, 1.165) is 41.4 Å². The summed E-state index contributed by atoms with van der Waals surface area (Å²) in [6.07, 6.45) is 1.84. The van der Waals surface area contributed by atoms with E-state index in [1.165, 1.54) is 0 Å². The lowest BCUT2D eigenvalue weighted by atomic mass is 10.1. The molecule has 1 aliphatic heterocycles. The van der Waals surface area contributed by atoms with E-state index in [-0.39, 0.29) is 0 Å². The molecule has 112 valence electrons. The number of methoxy groups -OCH3 is 1. The molecule has 2 aromatic rings. The molecule has 2 N–H and O–H groups in total.